The molecule has 1 aromatic carbocycles. The van der Waals surface area contributed by atoms with E-state index in [2.05, 4.69) is 45.1 Å². The lowest BCUT2D eigenvalue weighted by Crippen LogP contribution is -2.46. The minimum absolute atomic E-state index is 0.0831. The van der Waals surface area contributed by atoms with Crippen molar-refractivity contribution in [1.29, 1.82) is 0 Å². The zero-order chi connectivity index (χ0) is 14.7. The number of hydrogen-bond donors (Lipinski definition) is 1. The van der Waals surface area contributed by atoms with Gasteiger partial charge in [0.25, 0.3) is 0 Å². The van der Waals surface area contributed by atoms with Gasteiger partial charge in [0.15, 0.2) is 0 Å². The van der Waals surface area contributed by atoms with Crippen LogP contribution in [0.3, 0.4) is 0 Å². The Balaban J connectivity index is 1.67. The van der Waals surface area contributed by atoms with Gasteiger partial charge < -0.3 is 15.5 Å². The van der Waals surface area contributed by atoms with Crippen LogP contribution >= 0.6 is 0 Å². The van der Waals surface area contributed by atoms with Crippen molar-refractivity contribution in [2.75, 3.05) is 36.0 Å². The summed E-state index contributed by atoms with van der Waals surface area (Å²) in [5.74, 6) is 1.07. The summed E-state index contributed by atoms with van der Waals surface area (Å²) in [6.07, 6.45) is 1.85. The zero-order valence-electron chi connectivity index (χ0n) is 12.4. The first-order chi connectivity index (χ1) is 10.2. The third kappa shape index (κ3) is 3.16. The maximum atomic E-state index is 5.98. The Morgan fingerprint density at radius 3 is 2.43 bits per heavy atom. The van der Waals surface area contributed by atoms with E-state index < -0.39 is 0 Å². The molecule has 0 radical (unpaired) electrons. The monoisotopic (exact) mass is 282 g/mol. The van der Waals surface area contributed by atoms with Gasteiger partial charge in [-0.25, -0.2) is 4.98 Å². The number of rotatable bonds is 3. The molecule has 4 nitrogen and oxygen atoms in total. The lowest BCUT2D eigenvalue weighted by atomic mass is 10.1. The summed E-state index contributed by atoms with van der Waals surface area (Å²) in [6, 6.07) is 14.7. The van der Waals surface area contributed by atoms with Crippen molar-refractivity contribution in [3.63, 3.8) is 0 Å². The van der Waals surface area contributed by atoms with Crippen molar-refractivity contribution < 1.29 is 0 Å². The lowest BCUT2D eigenvalue weighted by molar-refractivity contribution is 0.647. The number of nitrogens with zero attached hydrogens (tertiary/aromatic N) is 3. The van der Waals surface area contributed by atoms with E-state index in [1.165, 1.54) is 11.3 Å². The predicted octanol–water partition coefficient (Wildman–Crippen LogP) is 2.43. The molecule has 1 aliphatic rings. The highest BCUT2D eigenvalue weighted by molar-refractivity contribution is 5.51. The molecule has 1 fully saturated rings. The highest BCUT2D eigenvalue weighted by atomic mass is 15.3. The molecule has 21 heavy (non-hydrogen) atoms. The molecule has 0 saturated carbocycles. The highest BCUT2D eigenvalue weighted by Crippen LogP contribution is 2.22. The van der Waals surface area contributed by atoms with Crippen molar-refractivity contribution in [2.45, 2.75) is 13.0 Å². The Hall–Kier alpha value is -2.07. The third-order valence-corrected chi connectivity index (χ3v) is 4.01. The molecule has 0 bridgehead atoms. The van der Waals surface area contributed by atoms with E-state index >= 15 is 0 Å². The van der Waals surface area contributed by atoms with Gasteiger partial charge in [0.2, 0.25) is 0 Å². The SMILES string of the molecule is CC(N)c1cccc(N2CCN(c3ccccn3)CC2)c1. The minimum Gasteiger partial charge on any atom is -0.368 e. The summed E-state index contributed by atoms with van der Waals surface area (Å²) < 4.78 is 0. The summed E-state index contributed by atoms with van der Waals surface area (Å²) in [5.41, 5.74) is 8.44. The fourth-order valence-corrected chi connectivity index (χ4v) is 2.74. The molecule has 1 aliphatic heterocycles. The standard InChI is InChI=1S/C17H22N4/c1-14(18)15-5-4-6-16(13-15)20-9-11-21(12-10-20)17-7-2-3-8-19-17/h2-8,13-14H,9-12,18H2,1H3. The van der Waals surface area contributed by atoms with Gasteiger partial charge in [-0.2, -0.15) is 0 Å². The van der Waals surface area contributed by atoms with Crippen LogP contribution in [0.5, 0.6) is 0 Å². The largest absolute Gasteiger partial charge is 0.368 e. The maximum absolute atomic E-state index is 5.98. The fraction of sp³-hybridized carbons (Fsp3) is 0.353. The molecule has 1 aromatic heterocycles. The first-order valence-electron chi connectivity index (χ1n) is 7.50. The molecule has 4 heteroatoms. The molecular formula is C17H22N4. The van der Waals surface area contributed by atoms with E-state index in [9.17, 15) is 0 Å². The first kappa shape index (κ1) is 13.9. The van der Waals surface area contributed by atoms with Crippen LogP contribution in [0.15, 0.2) is 48.7 Å². The average molecular weight is 282 g/mol. The van der Waals surface area contributed by atoms with Crippen LogP contribution in [0, 0.1) is 0 Å². The molecule has 1 atom stereocenters. The van der Waals surface area contributed by atoms with E-state index in [1.807, 2.05) is 25.3 Å². The van der Waals surface area contributed by atoms with E-state index in [0.717, 1.165) is 32.0 Å². The van der Waals surface area contributed by atoms with E-state index in [4.69, 9.17) is 5.73 Å². The van der Waals surface area contributed by atoms with Gasteiger partial charge in [-0.05, 0) is 36.8 Å². The zero-order valence-corrected chi connectivity index (χ0v) is 12.4. The molecular weight excluding hydrogens is 260 g/mol. The number of nitrogens with two attached hydrogens (primary N) is 1. The second-order valence-corrected chi connectivity index (χ2v) is 5.55. The molecule has 3 rings (SSSR count). The molecule has 1 saturated heterocycles. The Kier molecular flexibility index (Phi) is 4.06. The highest BCUT2D eigenvalue weighted by Gasteiger charge is 2.18. The molecule has 0 aliphatic carbocycles. The Morgan fingerprint density at radius 1 is 1.00 bits per heavy atom. The molecule has 110 valence electrons. The maximum Gasteiger partial charge on any atom is 0.128 e. The van der Waals surface area contributed by atoms with Gasteiger partial charge >= 0.3 is 0 Å². The number of anilines is 2. The van der Waals surface area contributed by atoms with Gasteiger partial charge in [-0.3, -0.25) is 0 Å². The van der Waals surface area contributed by atoms with Crippen LogP contribution in [-0.2, 0) is 0 Å². The molecule has 2 N–H and O–H groups in total. The molecule has 2 heterocycles. The lowest BCUT2D eigenvalue weighted by Gasteiger charge is -2.37. The molecule has 2 aromatic rings. The third-order valence-electron chi connectivity index (χ3n) is 4.01. The molecule has 1 unspecified atom stereocenters. The van der Waals surface area contributed by atoms with E-state index in [-0.39, 0.29) is 6.04 Å². The van der Waals surface area contributed by atoms with Crippen LogP contribution in [0.25, 0.3) is 0 Å². The molecule has 0 amide bonds. The average Bonchev–Trinajstić information content (AvgIpc) is 2.56. The van der Waals surface area contributed by atoms with Crippen LogP contribution in [0.1, 0.15) is 18.5 Å². The quantitative estimate of drug-likeness (QED) is 0.939. The van der Waals surface area contributed by atoms with Gasteiger partial charge in [0, 0.05) is 44.1 Å². The van der Waals surface area contributed by atoms with Crippen LogP contribution in [0.4, 0.5) is 11.5 Å². The summed E-state index contributed by atoms with van der Waals surface area (Å²) >= 11 is 0. The normalized spacial score (nSPS) is 16.9. The Labute approximate surface area is 126 Å². The second kappa shape index (κ2) is 6.14. The first-order valence-corrected chi connectivity index (χ1v) is 7.50. The van der Waals surface area contributed by atoms with Crippen molar-refractivity contribution in [3.05, 3.63) is 54.2 Å². The number of piperazine rings is 1. The number of aromatic nitrogens is 1. The Bertz CT molecular complexity index is 574. The topological polar surface area (TPSA) is 45.4 Å². The fourth-order valence-electron chi connectivity index (χ4n) is 2.74. The predicted molar refractivity (Wildman–Crippen MR) is 87.7 cm³/mol. The van der Waals surface area contributed by atoms with Crippen LogP contribution in [0.2, 0.25) is 0 Å². The summed E-state index contributed by atoms with van der Waals surface area (Å²) in [5, 5.41) is 0. The molecule has 0 spiro atoms. The number of benzene rings is 1. The minimum atomic E-state index is 0.0831. The van der Waals surface area contributed by atoms with Crippen LogP contribution < -0.4 is 15.5 Å². The summed E-state index contributed by atoms with van der Waals surface area (Å²) in [6.45, 7) is 6.05. The van der Waals surface area contributed by atoms with Gasteiger partial charge in [-0.1, -0.05) is 18.2 Å². The number of hydrogen-bond acceptors (Lipinski definition) is 4. The summed E-state index contributed by atoms with van der Waals surface area (Å²) in [7, 11) is 0. The van der Waals surface area contributed by atoms with Crippen molar-refractivity contribution in [2.24, 2.45) is 5.73 Å². The smallest absolute Gasteiger partial charge is 0.128 e. The van der Waals surface area contributed by atoms with Gasteiger partial charge in [0.1, 0.15) is 5.82 Å². The van der Waals surface area contributed by atoms with Crippen LogP contribution in [-0.4, -0.2) is 31.2 Å². The van der Waals surface area contributed by atoms with Crippen molar-refractivity contribution >= 4 is 11.5 Å². The number of pyridine rings is 1. The van der Waals surface area contributed by atoms with E-state index in [1.54, 1.807) is 0 Å². The van der Waals surface area contributed by atoms with E-state index in [0.29, 0.717) is 0 Å². The van der Waals surface area contributed by atoms with Gasteiger partial charge in [0.05, 0.1) is 0 Å². The summed E-state index contributed by atoms with van der Waals surface area (Å²) in [4.78, 5) is 9.19. The van der Waals surface area contributed by atoms with Crippen molar-refractivity contribution in [1.82, 2.24) is 4.98 Å². The Morgan fingerprint density at radius 2 is 1.76 bits per heavy atom. The second-order valence-electron chi connectivity index (χ2n) is 5.55. The van der Waals surface area contributed by atoms with Crippen molar-refractivity contribution in [3.8, 4) is 0 Å². The van der Waals surface area contributed by atoms with Gasteiger partial charge in [-0.15, -0.1) is 0 Å².